The first-order valence-corrected chi connectivity index (χ1v) is 7.90. The topological polar surface area (TPSA) is 100 Å². The lowest BCUT2D eigenvalue weighted by molar-refractivity contribution is -0.146. The van der Waals surface area contributed by atoms with Gasteiger partial charge in [0.05, 0.1) is 7.11 Å². The number of ether oxygens (including phenoxy) is 1. The van der Waals surface area contributed by atoms with E-state index in [1.54, 1.807) is 0 Å². The predicted octanol–water partition coefficient (Wildman–Crippen LogP) is 0.669. The van der Waals surface area contributed by atoms with Crippen LogP contribution in [0.2, 0.25) is 0 Å². The van der Waals surface area contributed by atoms with Crippen LogP contribution in [0.3, 0.4) is 0 Å². The highest BCUT2D eigenvalue weighted by atomic mass is 32.2. The van der Waals surface area contributed by atoms with Gasteiger partial charge in [-0.15, -0.1) is 0 Å². The van der Waals surface area contributed by atoms with Crippen molar-refractivity contribution in [3.8, 4) is 6.07 Å². The number of hydrogen-bond acceptors (Lipinski definition) is 6. The van der Waals surface area contributed by atoms with Gasteiger partial charge in [-0.05, 0) is 31.4 Å². The first kappa shape index (κ1) is 15.4. The molecule has 1 unspecified atom stereocenters. The summed E-state index contributed by atoms with van der Waals surface area (Å²) in [6.07, 6.45) is 3.04. The van der Waals surface area contributed by atoms with Crippen molar-refractivity contribution in [1.82, 2.24) is 9.29 Å². The molecule has 2 rings (SSSR count). The van der Waals surface area contributed by atoms with E-state index in [2.05, 4.69) is 9.72 Å². The van der Waals surface area contributed by atoms with Gasteiger partial charge in [-0.25, -0.2) is 13.4 Å². The molecule has 0 spiro atoms. The molecule has 0 radical (unpaired) electrons. The summed E-state index contributed by atoms with van der Waals surface area (Å²) in [6, 6.07) is 3.69. The Morgan fingerprint density at radius 3 is 2.81 bits per heavy atom. The molecule has 1 saturated heterocycles. The van der Waals surface area contributed by atoms with E-state index in [1.807, 2.05) is 6.07 Å². The van der Waals surface area contributed by atoms with Crippen LogP contribution in [0.5, 0.6) is 0 Å². The van der Waals surface area contributed by atoms with Gasteiger partial charge < -0.3 is 4.74 Å². The van der Waals surface area contributed by atoms with Crippen LogP contribution in [0.15, 0.2) is 23.2 Å². The van der Waals surface area contributed by atoms with E-state index in [0.29, 0.717) is 12.8 Å². The quantitative estimate of drug-likeness (QED) is 0.761. The maximum atomic E-state index is 12.6. The molecule has 0 aliphatic carbocycles. The molecule has 21 heavy (non-hydrogen) atoms. The van der Waals surface area contributed by atoms with Crippen LogP contribution in [0, 0.1) is 11.3 Å². The van der Waals surface area contributed by atoms with Crippen LogP contribution >= 0.6 is 0 Å². The molecule has 0 amide bonds. The zero-order valence-electron chi connectivity index (χ0n) is 11.5. The van der Waals surface area contributed by atoms with Gasteiger partial charge in [-0.3, -0.25) is 4.79 Å². The Morgan fingerprint density at radius 2 is 2.24 bits per heavy atom. The number of carbonyl (C=O) groups excluding carboxylic acids is 1. The lowest BCUT2D eigenvalue weighted by Crippen LogP contribution is -2.48. The van der Waals surface area contributed by atoms with Gasteiger partial charge in [0, 0.05) is 12.7 Å². The van der Waals surface area contributed by atoms with Crippen LogP contribution < -0.4 is 0 Å². The molecule has 1 aromatic heterocycles. The third kappa shape index (κ3) is 3.04. The van der Waals surface area contributed by atoms with E-state index >= 15 is 0 Å². The number of sulfonamides is 1. The molecule has 1 aliphatic heterocycles. The highest BCUT2D eigenvalue weighted by Gasteiger charge is 2.38. The highest BCUT2D eigenvalue weighted by molar-refractivity contribution is 7.89. The van der Waals surface area contributed by atoms with Crippen molar-refractivity contribution in [2.45, 2.75) is 30.2 Å². The number of aromatic nitrogens is 1. The molecule has 1 aliphatic rings. The Balaban J connectivity index is 2.35. The molecule has 0 saturated carbocycles. The third-order valence-corrected chi connectivity index (χ3v) is 5.28. The summed E-state index contributed by atoms with van der Waals surface area (Å²) >= 11 is 0. The average molecular weight is 309 g/mol. The number of piperidine rings is 1. The van der Waals surface area contributed by atoms with Gasteiger partial charge >= 0.3 is 5.97 Å². The van der Waals surface area contributed by atoms with Crippen molar-refractivity contribution in [2.24, 2.45) is 0 Å². The van der Waals surface area contributed by atoms with Gasteiger partial charge in [-0.1, -0.05) is 0 Å². The Labute approximate surface area is 123 Å². The standard InChI is InChI=1S/C13H15N3O4S/c1-20-13(17)12-4-2-3-7-16(12)21(18,19)11-6-5-10(8-14)15-9-11/h5-6,9,12H,2-4,7H2,1H3. The summed E-state index contributed by atoms with van der Waals surface area (Å²) in [6.45, 7) is 0.266. The van der Waals surface area contributed by atoms with Crippen LogP contribution in [-0.2, 0) is 19.6 Å². The zero-order chi connectivity index (χ0) is 15.5. The number of methoxy groups -OCH3 is 1. The van der Waals surface area contributed by atoms with Crippen LogP contribution in [0.1, 0.15) is 25.0 Å². The van der Waals surface area contributed by atoms with Gasteiger partial charge in [0.1, 0.15) is 22.7 Å². The third-order valence-electron chi connectivity index (χ3n) is 3.38. The first-order valence-electron chi connectivity index (χ1n) is 6.46. The van der Waals surface area contributed by atoms with Gasteiger partial charge in [-0.2, -0.15) is 9.57 Å². The summed E-state index contributed by atoms with van der Waals surface area (Å²) < 4.78 is 31.1. The minimum Gasteiger partial charge on any atom is -0.468 e. The molecule has 1 atom stereocenters. The summed E-state index contributed by atoms with van der Waals surface area (Å²) in [4.78, 5) is 15.5. The fraction of sp³-hybridized carbons (Fsp3) is 0.462. The van der Waals surface area contributed by atoms with Crippen molar-refractivity contribution in [3.63, 3.8) is 0 Å². The van der Waals surface area contributed by atoms with Gasteiger partial charge in [0.15, 0.2) is 0 Å². The number of esters is 1. The molecule has 0 N–H and O–H groups in total. The average Bonchev–Trinajstić information content (AvgIpc) is 2.54. The molecule has 1 aromatic rings. The minimum atomic E-state index is -3.83. The SMILES string of the molecule is COC(=O)C1CCCCN1S(=O)(=O)c1ccc(C#N)nc1. The lowest BCUT2D eigenvalue weighted by Gasteiger charge is -2.32. The largest absolute Gasteiger partial charge is 0.468 e. The van der Waals surface area contributed by atoms with Crippen LogP contribution in [0.4, 0.5) is 0 Å². The van der Waals surface area contributed by atoms with E-state index < -0.39 is 22.0 Å². The first-order chi connectivity index (χ1) is 10.0. The van der Waals surface area contributed by atoms with Crippen molar-refractivity contribution < 1.29 is 17.9 Å². The monoisotopic (exact) mass is 309 g/mol. The summed E-state index contributed by atoms with van der Waals surface area (Å²) in [5.74, 6) is -0.556. The zero-order valence-corrected chi connectivity index (χ0v) is 12.3. The Hall–Kier alpha value is -1.98. The lowest BCUT2D eigenvalue weighted by atomic mass is 10.1. The normalized spacial score (nSPS) is 19.7. The number of rotatable bonds is 3. The van der Waals surface area contributed by atoms with Crippen molar-refractivity contribution in [3.05, 3.63) is 24.0 Å². The fourth-order valence-corrected chi connectivity index (χ4v) is 3.89. The second kappa shape index (κ2) is 6.20. The molecule has 0 bridgehead atoms. The van der Waals surface area contributed by atoms with Crippen LogP contribution in [0.25, 0.3) is 0 Å². The number of hydrogen-bond donors (Lipinski definition) is 0. The van der Waals surface area contributed by atoms with E-state index in [9.17, 15) is 13.2 Å². The maximum Gasteiger partial charge on any atom is 0.324 e. The number of carbonyl (C=O) groups is 1. The molecule has 112 valence electrons. The smallest absolute Gasteiger partial charge is 0.324 e. The summed E-state index contributed by atoms with van der Waals surface area (Å²) in [7, 11) is -2.59. The van der Waals surface area contributed by atoms with Crippen LogP contribution in [-0.4, -0.2) is 43.4 Å². The minimum absolute atomic E-state index is 0.0303. The highest BCUT2D eigenvalue weighted by Crippen LogP contribution is 2.25. The molecule has 8 heteroatoms. The molecule has 0 aromatic carbocycles. The number of nitriles is 1. The number of nitrogens with zero attached hydrogens (tertiary/aromatic N) is 3. The van der Waals surface area contributed by atoms with Crippen molar-refractivity contribution >= 4 is 16.0 Å². The van der Waals surface area contributed by atoms with E-state index in [0.717, 1.165) is 16.9 Å². The summed E-state index contributed by atoms with van der Waals surface area (Å²) in [5.41, 5.74) is 0.136. The predicted molar refractivity (Wildman–Crippen MR) is 72.5 cm³/mol. The Morgan fingerprint density at radius 1 is 1.48 bits per heavy atom. The van der Waals surface area contributed by atoms with E-state index in [1.165, 1.54) is 19.2 Å². The maximum absolute atomic E-state index is 12.6. The van der Waals surface area contributed by atoms with E-state index in [-0.39, 0.29) is 17.1 Å². The fourth-order valence-electron chi connectivity index (χ4n) is 2.30. The Bertz CT molecular complexity index is 664. The second-order valence-corrected chi connectivity index (χ2v) is 6.53. The molecular weight excluding hydrogens is 294 g/mol. The van der Waals surface area contributed by atoms with Crippen molar-refractivity contribution in [2.75, 3.05) is 13.7 Å². The number of pyridine rings is 1. The summed E-state index contributed by atoms with van der Waals surface area (Å²) in [5, 5.41) is 8.69. The van der Waals surface area contributed by atoms with Gasteiger partial charge in [0.25, 0.3) is 0 Å². The Kier molecular flexibility index (Phi) is 4.55. The van der Waals surface area contributed by atoms with E-state index in [4.69, 9.17) is 5.26 Å². The second-order valence-electron chi connectivity index (χ2n) is 4.64. The molecule has 7 nitrogen and oxygen atoms in total. The van der Waals surface area contributed by atoms with Gasteiger partial charge in [0.2, 0.25) is 10.0 Å². The molecular formula is C13H15N3O4S. The van der Waals surface area contributed by atoms with Crippen molar-refractivity contribution in [1.29, 1.82) is 5.26 Å². The molecule has 1 fully saturated rings. The molecule has 2 heterocycles.